The van der Waals surface area contributed by atoms with Crippen LogP contribution < -0.4 is 15.6 Å². The Morgan fingerprint density at radius 1 is 1.32 bits per heavy atom. The highest BCUT2D eigenvalue weighted by molar-refractivity contribution is 9.10. The van der Waals surface area contributed by atoms with Crippen LogP contribution in [-0.4, -0.2) is 22.6 Å². The third kappa shape index (κ3) is 3.83. The fraction of sp³-hybridized carbons (Fsp3) is 0.118. The topological polar surface area (TPSA) is 73.2 Å². The number of rotatable bonds is 4. The van der Waals surface area contributed by atoms with E-state index in [1.165, 1.54) is 18.0 Å². The molecule has 1 amide bonds. The normalized spacial score (nSPS) is 10.7. The molecular formula is C17H13BrClN3O3. The Labute approximate surface area is 156 Å². The number of halogens is 2. The van der Waals surface area contributed by atoms with Gasteiger partial charge in [0.15, 0.2) is 0 Å². The predicted molar refractivity (Wildman–Crippen MR) is 100 cm³/mol. The number of hydrogen-bond donors (Lipinski definition) is 1. The predicted octanol–water partition coefficient (Wildman–Crippen LogP) is 3.46. The maximum atomic E-state index is 12.5. The summed E-state index contributed by atoms with van der Waals surface area (Å²) in [6, 6.07) is 10.1. The molecule has 0 bridgehead atoms. The lowest BCUT2D eigenvalue weighted by molar-refractivity contribution is -0.116. The number of benzene rings is 2. The molecule has 0 radical (unpaired) electrons. The van der Waals surface area contributed by atoms with Gasteiger partial charge in [-0.2, -0.15) is 0 Å². The van der Waals surface area contributed by atoms with Gasteiger partial charge in [-0.05, 0) is 36.4 Å². The van der Waals surface area contributed by atoms with Crippen molar-refractivity contribution < 1.29 is 9.53 Å². The van der Waals surface area contributed by atoms with Gasteiger partial charge in [-0.1, -0.05) is 27.5 Å². The number of anilines is 1. The van der Waals surface area contributed by atoms with E-state index in [0.29, 0.717) is 27.4 Å². The second-order valence-corrected chi connectivity index (χ2v) is 6.58. The third-order valence-corrected chi connectivity index (χ3v) is 4.26. The highest BCUT2D eigenvalue weighted by Gasteiger charge is 2.11. The monoisotopic (exact) mass is 421 g/mol. The van der Waals surface area contributed by atoms with Crippen LogP contribution in [-0.2, 0) is 11.3 Å². The highest BCUT2D eigenvalue weighted by Crippen LogP contribution is 2.27. The van der Waals surface area contributed by atoms with E-state index in [0.717, 1.165) is 4.47 Å². The lowest BCUT2D eigenvalue weighted by atomic mass is 10.2. The molecule has 0 aliphatic carbocycles. The van der Waals surface area contributed by atoms with Gasteiger partial charge >= 0.3 is 0 Å². The summed E-state index contributed by atoms with van der Waals surface area (Å²) in [5.41, 5.74) is 0.713. The van der Waals surface area contributed by atoms with E-state index in [4.69, 9.17) is 16.3 Å². The van der Waals surface area contributed by atoms with Crippen molar-refractivity contribution in [2.24, 2.45) is 0 Å². The zero-order valence-corrected chi connectivity index (χ0v) is 15.5. The second-order valence-electron chi connectivity index (χ2n) is 5.23. The van der Waals surface area contributed by atoms with Gasteiger partial charge < -0.3 is 10.1 Å². The van der Waals surface area contributed by atoms with Crippen LogP contribution in [0.1, 0.15) is 0 Å². The van der Waals surface area contributed by atoms with Crippen LogP contribution in [0.4, 0.5) is 5.69 Å². The first-order valence-corrected chi connectivity index (χ1v) is 8.43. The fourth-order valence-electron chi connectivity index (χ4n) is 2.37. The van der Waals surface area contributed by atoms with Crippen molar-refractivity contribution in [3.05, 3.63) is 62.6 Å². The van der Waals surface area contributed by atoms with E-state index < -0.39 is 0 Å². The first-order valence-electron chi connectivity index (χ1n) is 7.26. The Balaban J connectivity index is 1.86. The van der Waals surface area contributed by atoms with E-state index in [1.807, 2.05) is 0 Å². The summed E-state index contributed by atoms with van der Waals surface area (Å²) >= 11 is 9.27. The molecule has 6 nitrogen and oxygen atoms in total. The summed E-state index contributed by atoms with van der Waals surface area (Å²) < 4.78 is 7.21. The average molecular weight is 423 g/mol. The fourth-order valence-corrected chi connectivity index (χ4v) is 2.90. The molecule has 0 saturated heterocycles. The van der Waals surface area contributed by atoms with E-state index in [9.17, 15) is 9.59 Å². The van der Waals surface area contributed by atoms with Crippen molar-refractivity contribution in [2.75, 3.05) is 12.4 Å². The zero-order valence-electron chi connectivity index (χ0n) is 13.1. The van der Waals surface area contributed by atoms with Crippen LogP contribution in [0.2, 0.25) is 5.02 Å². The van der Waals surface area contributed by atoms with Gasteiger partial charge in [0.2, 0.25) is 5.91 Å². The molecule has 8 heteroatoms. The molecule has 0 aliphatic rings. The largest absolute Gasteiger partial charge is 0.495 e. The average Bonchev–Trinajstić information content (AvgIpc) is 2.58. The molecule has 0 atom stereocenters. The molecular weight excluding hydrogens is 410 g/mol. The zero-order chi connectivity index (χ0) is 18.0. The van der Waals surface area contributed by atoms with Crippen molar-refractivity contribution in [1.82, 2.24) is 9.55 Å². The Bertz CT molecular complexity index is 1020. The number of nitrogens with one attached hydrogen (secondary N) is 1. The third-order valence-electron chi connectivity index (χ3n) is 3.54. The number of amides is 1. The maximum Gasteiger partial charge on any atom is 0.261 e. The first-order chi connectivity index (χ1) is 12.0. The molecule has 1 heterocycles. The minimum Gasteiger partial charge on any atom is -0.495 e. The molecule has 0 spiro atoms. The van der Waals surface area contributed by atoms with Crippen LogP contribution in [0, 0.1) is 0 Å². The molecule has 128 valence electrons. The molecule has 3 rings (SSSR count). The summed E-state index contributed by atoms with van der Waals surface area (Å²) in [5, 5.41) is 3.59. The summed E-state index contributed by atoms with van der Waals surface area (Å²) in [7, 11) is 1.49. The second kappa shape index (κ2) is 7.25. The Kier molecular flexibility index (Phi) is 5.06. The lowest BCUT2D eigenvalue weighted by Crippen LogP contribution is -2.28. The SMILES string of the molecule is COc1ccc(Cl)cc1NC(=O)Cn1cnc2ccc(Br)cc2c1=O. The van der Waals surface area contributed by atoms with Crippen LogP contribution in [0.3, 0.4) is 0 Å². The van der Waals surface area contributed by atoms with Crippen molar-refractivity contribution in [2.45, 2.75) is 6.54 Å². The number of carbonyl (C=O) groups is 1. The minimum atomic E-state index is -0.390. The standard InChI is InChI=1S/C17H13BrClN3O3/c1-25-15-5-3-11(19)7-14(15)21-16(23)8-22-9-20-13-4-2-10(18)6-12(13)17(22)24/h2-7,9H,8H2,1H3,(H,21,23). The lowest BCUT2D eigenvalue weighted by Gasteiger charge is -2.11. The molecule has 1 N–H and O–H groups in total. The van der Waals surface area contributed by atoms with Gasteiger partial charge in [-0.15, -0.1) is 0 Å². The minimum absolute atomic E-state index is 0.177. The van der Waals surface area contributed by atoms with Gasteiger partial charge in [0, 0.05) is 9.50 Å². The van der Waals surface area contributed by atoms with E-state index >= 15 is 0 Å². The maximum absolute atomic E-state index is 12.5. The molecule has 0 unspecified atom stereocenters. The smallest absolute Gasteiger partial charge is 0.261 e. The molecule has 0 saturated carbocycles. The highest BCUT2D eigenvalue weighted by atomic mass is 79.9. The number of nitrogens with zero attached hydrogens (tertiary/aromatic N) is 2. The molecule has 2 aromatic carbocycles. The quantitative estimate of drug-likeness (QED) is 0.699. The van der Waals surface area contributed by atoms with Gasteiger partial charge in [0.25, 0.3) is 5.56 Å². The number of fused-ring (bicyclic) bond motifs is 1. The molecule has 1 aromatic heterocycles. The van der Waals surface area contributed by atoms with Crippen molar-refractivity contribution in [3.63, 3.8) is 0 Å². The van der Waals surface area contributed by atoms with Crippen LogP contribution in [0.15, 0.2) is 52.0 Å². The van der Waals surface area contributed by atoms with Crippen molar-refractivity contribution in [3.8, 4) is 5.75 Å². The molecule has 25 heavy (non-hydrogen) atoms. The summed E-state index contributed by atoms with van der Waals surface area (Å²) in [4.78, 5) is 29.0. The van der Waals surface area contributed by atoms with Crippen molar-refractivity contribution in [1.29, 1.82) is 0 Å². The number of carbonyl (C=O) groups excluding carboxylic acids is 1. The molecule has 0 aliphatic heterocycles. The van der Waals surface area contributed by atoms with E-state index in [-0.39, 0.29) is 18.0 Å². The van der Waals surface area contributed by atoms with Gasteiger partial charge in [-0.3, -0.25) is 14.2 Å². The van der Waals surface area contributed by atoms with Gasteiger partial charge in [-0.25, -0.2) is 4.98 Å². The van der Waals surface area contributed by atoms with Gasteiger partial charge in [0.1, 0.15) is 12.3 Å². The number of aromatic nitrogens is 2. The molecule has 0 fully saturated rings. The summed E-state index contributed by atoms with van der Waals surface area (Å²) in [6.45, 7) is -0.177. The van der Waals surface area contributed by atoms with Gasteiger partial charge in [0.05, 0.1) is 30.0 Å². The van der Waals surface area contributed by atoms with E-state index in [1.54, 1.807) is 36.4 Å². The van der Waals surface area contributed by atoms with Crippen LogP contribution in [0.5, 0.6) is 5.75 Å². The number of methoxy groups -OCH3 is 1. The number of ether oxygens (including phenoxy) is 1. The van der Waals surface area contributed by atoms with Crippen LogP contribution in [0.25, 0.3) is 10.9 Å². The molecule has 3 aromatic rings. The summed E-state index contributed by atoms with van der Waals surface area (Å²) in [6.07, 6.45) is 1.35. The Morgan fingerprint density at radius 3 is 2.88 bits per heavy atom. The van der Waals surface area contributed by atoms with Crippen molar-refractivity contribution >= 4 is 50.0 Å². The van der Waals surface area contributed by atoms with E-state index in [2.05, 4.69) is 26.2 Å². The Hall–Kier alpha value is -2.38. The Morgan fingerprint density at radius 2 is 2.12 bits per heavy atom. The van der Waals surface area contributed by atoms with Crippen LogP contribution >= 0.6 is 27.5 Å². The summed E-state index contributed by atoms with van der Waals surface area (Å²) in [5.74, 6) is 0.0875. The number of hydrogen-bond acceptors (Lipinski definition) is 4. The first kappa shape index (κ1) is 17.4.